The van der Waals surface area contributed by atoms with Crippen molar-refractivity contribution < 1.29 is 42.9 Å². The topological polar surface area (TPSA) is 108 Å². The molecule has 0 aromatic rings. The summed E-state index contributed by atoms with van der Waals surface area (Å²) < 4.78 is 23.0. The van der Waals surface area contributed by atoms with Gasteiger partial charge in [-0.15, -0.1) is 0 Å². The SMILES string of the molecule is CC/C=C\C/C=C\C/C=C\C/C=C\C/C=C\CCCCCCCCCCCCCCCCCC(=O)OC(COC(=O)CCCCCCCCCCCCCCC/C=C\C/C=C\CCCCCCC)COC(OCC[N+](C)(C)C)C(=O)O. The molecule has 0 rings (SSSR count). The minimum Gasteiger partial charge on any atom is -0.477 e. The van der Waals surface area contributed by atoms with E-state index in [0.29, 0.717) is 17.4 Å². The number of quaternary nitrogens is 1. The van der Waals surface area contributed by atoms with Gasteiger partial charge in [-0.05, 0) is 89.9 Å². The van der Waals surface area contributed by atoms with Crippen LogP contribution in [0, 0.1) is 0 Å². The fourth-order valence-corrected chi connectivity index (χ4v) is 9.48. The number of carboxylic acid groups (broad SMARTS) is 1. The van der Waals surface area contributed by atoms with Gasteiger partial charge in [-0.25, -0.2) is 4.79 Å². The predicted octanol–water partition coefficient (Wildman–Crippen LogP) is 20.7. The maximum atomic E-state index is 12.9. The Morgan fingerprint density at radius 2 is 0.704 bits per heavy atom. The second-order valence-corrected chi connectivity index (χ2v) is 23.7. The lowest BCUT2D eigenvalue weighted by molar-refractivity contribution is -0.870. The summed E-state index contributed by atoms with van der Waals surface area (Å²) in [5.74, 6) is -2.00. The molecule has 0 aliphatic rings. The molecule has 0 heterocycles. The second-order valence-electron chi connectivity index (χ2n) is 23.7. The zero-order chi connectivity index (χ0) is 59.1. The zero-order valence-electron chi connectivity index (χ0n) is 53.4. The maximum Gasteiger partial charge on any atom is 0.361 e. The summed E-state index contributed by atoms with van der Waals surface area (Å²) in [6.45, 7) is 4.78. The Bertz CT molecular complexity index is 1600. The molecule has 0 saturated heterocycles. The second kappa shape index (κ2) is 62.5. The molecule has 0 aromatic carbocycles. The number of rotatable bonds is 62. The molecule has 0 spiro atoms. The lowest BCUT2D eigenvalue weighted by Gasteiger charge is -2.25. The lowest BCUT2D eigenvalue weighted by atomic mass is 10.0. The smallest absolute Gasteiger partial charge is 0.361 e. The van der Waals surface area contributed by atoms with E-state index in [1.165, 1.54) is 193 Å². The Balaban J connectivity index is 4.13. The minimum atomic E-state index is -1.51. The highest BCUT2D eigenvalue weighted by Gasteiger charge is 2.25. The molecule has 2 atom stereocenters. The summed E-state index contributed by atoms with van der Waals surface area (Å²) >= 11 is 0. The number of ether oxygens (including phenoxy) is 4. The van der Waals surface area contributed by atoms with E-state index in [2.05, 4.69) is 98.9 Å². The van der Waals surface area contributed by atoms with Gasteiger partial charge >= 0.3 is 17.9 Å². The summed E-state index contributed by atoms with van der Waals surface area (Å²) in [4.78, 5) is 37.6. The van der Waals surface area contributed by atoms with E-state index in [-0.39, 0.29) is 32.2 Å². The van der Waals surface area contributed by atoms with Crippen LogP contribution in [0.15, 0.2) is 85.1 Å². The molecule has 0 amide bonds. The normalized spacial score (nSPS) is 13.2. The van der Waals surface area contributed by atoms with E-state index in [1.807, 2.05) is 21.1 Å². The molecule has 9 nitrogen and oxygen atoms in total. The van der Waals surface area contributed by atoms with E-state index in [9.17, 15) is 19.5 Å². The molecule has 468 valence electrons. The number of hydrogen-bond acceptors (Lipinski definition) is 7. The quantitative estimate of drug-likeness (QED) is 0.0211. The van der Waals surface area contributed by atoms with E-state index in [4.69, 9.17) is 18.9 Å². The van der Waals surface area contributed by atoms with Crippen molar-refractivity contribution in [2.24, 2.45) is 0 Å². The predicted molar refractivity (Wildman–Crippen MR) is 346 cm³/mol. The van der Waals surface area contributed by atoms with Gasteiger partial charge in [0, 0.05) is 12.8 Å². The van der Waals surface area contributed by atoms with Gasteiger partial charge in [0.2, 0.25) is 0 Å². The third-order valence-electron chi connectivity index (χ3n) is 14.6. The number of allylic oxidation sites excluding steroid dienone is 14. The molecule has 81 heavy (non-hydrogen) atoms. The molecule has 9 heteroatoms. The summed E-state index contributed by atoms with van der Waals surface area (Å²) in [7, 11) is 5.98. The lowest BCUT2D eigenvalue weighted by Crippen LogP contribution is -2.40. The molecule has 2 unspecified atom stereocenters. The van der Waals surface area contributed by atoms with E-state index in [1.54, 1.807) is 0 Å². The first-order chi connectivity index (χ1) is 39.6. The number of esters is 2. The number of carbonyl (C=O) groups is 3. The monoisotopic (exact) mass is 1130 g/mol. The average molecular weight is 1140 g/mol. The number of carbonyl (C=O) groups excluding carboxylic acids is 2. The Morgan fingerprint density at radius 1 is 0.383 bits per heavy atom. The third-order valence-corrected chi connectivity index (χ3v) is 14.6. The highest BCUT2D eigenvalue weighted by atomic mass is 16.7. The van der Waals surface area contributed by atoms with Crippen LogP contribution in [0.25, 0.3) is 0 Å². The molecule has 1 N–H and O–H groups in total. The van der Waals surface area contributed by atoms with Gasteiger partial charge in [0.15, 0.2) is 6.10 Å². The van der Waals surface area contributed by atoms with Crippen molar-refractivity contribution >= 4 is 17.9 Å². The summed E-state index contributed by atoms with van der Waals surface area (Å²) in [6, 6.07) is 0. The standard InChI is InChI=1S/C72H127NO8/c1-6-8-10-12-14-16-18-20-22-24-26-28-30-32-33-34-35-36-37-39-41-43-45-47-49-51-53-55-57-59-61-63-70(75)81-68(67-80-72(71(76)77)78-65-64-73(3,4)5)66-79-69(74)62-60-58-56-54-52-50-48-46-44-42-40-38-31-29-27-25-23-21-19-17-15-13-11-9-7-2/h8,10,14,16,19-22,25-28,32-33,68,72H,6-7,9,11-13,15,17-18,23-24,29-31,34-67H2,1-5H3/p+1/b10-8-,16-14-,21-19-,22-20-,27-25-,28-26-,33-32-. The van der Waals surface area contributed by atoms with Gasteiger partial charge in [0.05, 0.1) is 34.4 Å². The molecule has 0 aliphatic carbocycles. The third kappa shape index (κ3) is 63.9. The first-order valence-corrected chi connectivity index (χ1v) is 33.8. The van der Waals surface area contributed by atoms with Crippen molar-refractivity contribution in [3.8, 4) is 0 Å². The summed E-state index contributed by atoms with van der Waals surface area (Å²) in [5.41, 5.74) is 0. The van der Waals surface area contributed by atoms with Crippen LogP contribution in [-0.4, -0.2) is 87.4 Å². The van der Waals surface area contributed by atoms with Crippen molar-refractivity contribution in [1.29, 1.82) is 0 Å². The van der Waals surface area contributed by atoms with Crippen molar-refractivity contribution in [1.82, 2.24) is 0 Å². The zero-order valence-corrected chi connectivity index (χ0v) is 53.4. The fourth-order valence-electron chi connectivity index (χ4n) is 9.48. The Labute approximate surface area is 500 Å². The Morgan fingerprint density at radius 3 is 1.05 bits per heavy atom. The molecule has 0 saturated carbocycles. The number of likely N-dealkylation sites (N-methyl/N-ethyl adjacent to an activating group) is 1. The van der Waals surface area contributed by atoms with Gasteiger partial charge in [0.25, 0.3) is 6.29 Å². The van der Waals surface area contributed by atoms with Crippen molar-refractivity contribution in [2.45, 2.75) is 309 Å². The highest BCUT2D eigenvalue weighted by Crippen LogP contribution is 2.17. The van der Waals surface area contributed by atoms with Gasteiger partial charge < -0.3 is 28.5 Å². The largest absolute Gasteiger partial charge is 0.477 e. The Kier molecular flexibility index (Phi) is 59.8. The summed E-state index contributed by atoms with van der Waals surface area (Å²) in [6.07, 6.45) is 81.1. The van der Waals surface area contributed by atoms with Gasteiger partial charge in [-0.3, -0.25) is 9.59 Å². The van der Waals surface area contributed by atoms with Crippen LogP contribution in [0.2, 0.25) is 0 Å². The molecule has 0 fully saturated rings. The number of nitrogens with zero attached hydrogens (tertiary/aromatic N) is 1. The van der Waals surface area contributed by atoms with Crippen LogP contribution in [-0.2, 0) is 33.3 Å². The van der Waals surface area contributed by atoms with Crippen molar-refractivity contribution in [2.75, 3.05) is 47.5 Å². The molecular weight excluding hydrogens is 1010 g/mol. The highest BCUT2D eigenvalue weighted by molar-refractivity contribution is 5.71. The van der Waals surface area contributed by atoms with E-state index >= 15 is 0 Å². The molecule has 0 radical (unpaired) electrons. The van der Waals surface area contributed by atoms with Crippen LogP contribution in [0.5, 0.6) is 0 Å². The fraction of sp³-hybridized carbons (Fsp3) is 0.764. The number of unbranched alkanes of at least 4 members (excludes halogenated alkanes) is 33. The first-order valence-electron chi connectivity index (χ1n) is 33.8. The van der Waals surface area contributed by atoms with Gasteiger partial charge in [-0.2, -0.15) is 0 Å². The minimum absolute atomic E-state index is 0.183. The van der Waals surface area contributed by atoms with Crippen LogP contribution in [0.3, 0.4) is 0 Å². The van der Waals surface area contributed by atoms with Crippen molar-refractivity contribution in [3.63, 3.8) is 0 Å². The molecule has 0 aromatic heterocycles. The number of hydrogen-bond donors (Lipinski definition) is 1. The first kappa shape index (κ1) is 77.5. The van der Waals surface area contributed by atoms with Crippen LogP contribution >= 0.6 is 0 Å². The average Bonchev–Trinajstić information content (AvgIpc) is 3.44. The summed E-state index contributed by atoms with van der Waals surface area (Å²) in [5, 5.41) is 9.74. The number of aliphatic carboxylic acids is 1. The molecule has 0 aliphatic heterocycles. The van der Waals surface area contributed by atoms with E-state index < -0.39 is 24.3 Å². The molecule has 0 bridgehead atoms. The van der Waals surface area contributed by atoms with Crippen molar-refractivity contribution in [3.05, 3.63) is 85.1 Å². The Hall–Kier alpha value is -3.53. The van der Waals surface area contributed by atoms with Gasteiger partial charge in [-0.1, -0.05) is 279 Å². The maximum absolute atomic E-state index is 12.9. The molecular formula is C72H128NO8+. The van der Waals surface area contributed by atoms with Crippen LogP contribution in [0.4, 0.5) is 0 Å². The van der Waals surface area contributed by atoms with Crippen LogP contribution < -0.4 is 0 Å². The number of carboxylic acids is 1. The van der Waals surface area contributed by atoms with Crippen LogP contribution in [0.1, 0.15) is 296 Å². The van der Waals surface area contributed by atoms with E-state index in [0.717, 1.165) is 77.0 Å². The van der Waals surface area contributed by atoms with Gasteiger partial charge in [0.1, 0.15) is 13.2 Å².